The predicted octanol–water partition coefficient (Wildman–Crippen LogP) is 11.1. The monoisotopic (exact) mass is 882 g/mol. The van der Waals surface area contributed by atoms with Crippen molar-refractivity contribution >= 4 is 46.4 Å². The molecule has 0 spiro atoms. The van der Waals surface area contributed by atoms with Crippen LogP contribution >= 0.6 is 0 Å². The minimum absolute atomic E-state index is 0. The van der Waals surface area contributed by atoms with Crippen LogP contribution in [0, 0.1) is 24.9 Å². The van der Waals surface area contributed by atoms with Crippen LogP contribution in [-0.4, -0.2) is 27.6 Å². The number of furan rings is 1. The largest absolute Gasteiger partial charge is 0.486 e. The standard InChI is InChI=1S/C27H20N3O.C17H21FNSi.Ir/c1-3-30-23-12-8-7-11-22(23)29-26(30)21-16-15-19(18-9-5-4-6-10-18)24-20-14-13-17(2)28-27(20)31-25(21)24;1-12(2)14-10-16(13-8-6-7-9-15(13)18)19-11-17(14)20(3,4)5;/h4-15H,3H2,1-2H3;6-7,9-12H,1-5H3;/q2*-1;/i;12D;. The Morgan fingerprint density at radius 3 is 2.38 bits per heavy atom. The third-order valence-corrected chi connectivity index (χ3v) is 11.2. The van der Waals surface area contributed by atoms with Crippen molar-refractivity contribution in [1.82, 2.24) is 19.5 Å². The van der Waals surface area contributed by atoms with Gasteiger partial charge in [-0.25, -0.2) is 4.98 Å². The summed E-state index contributed by atoms with van der Waals surface area (Å²) in [7, 11) is -1.61. The number of pyridine rings is 2. The van der Waals surface area contributed by atoms with Gasteiger partial charge in [-0.2, -0.15) is 0 Å². The number of halogens is 1. The molecule has 4 aromatic heterocycles. The van der Waals surface area contributed by atoms with Crippen molar-refractivity contribution in [1.29, 1.82) is 0 Å². The number of hydrogen-bond acceptors (Lipinski definition) is 4. The number of benzene rings is 4. The maximum absolute atomic E-state index is 13.9. The van der Waals surface area contributed by atoms with Crippen molar-refractivity contribution < 1.29 is 30.3 Å². The number of aromatic nitrogens is 4. The van der Waals surface area contributed by atoms with E-state index in [9.17, 15) is 4.39 Å². The van der Waals surface area contributed by atoms with Crippen molar-refractivity contribution in [2.24, 2.45) is 0 Å². The van der Waals surface area contributed by atoms with Gasteiger partial charge in [-0.05, 0) is 60.3 Å². The molecule has 0 bridgehead atoms. The fourth-order valence-corrected chi connectivity index (χ4v) is 8.19. The number of imidazole rings is 1. The van der Waals surface area contributed by atoms with Gasteiger partial charge in [0.25, 0.3) is 0 Å². The molecule has 0 saturated heterocycles. The minimum atomic E-state index is -1.61. The Kier molecular flexibility index (Phi) is 10.3. The average Bonchev–Trinajstić information content (AvgIpc) is 3.69. The van der Waals surface area contributed by atoms with Crippen molar-refractivity contribution in [3.63, 3.8) is 0 Å². The van der Waals surface area contributed by atoms with Crippen LogP contribution in [0.1, 0.15) is 39.3 Å². The zero-order valence-corrected chi connectivity index (χ0v) is 33.8. The second kappa shape index (κ2) is 15.1. The molecule has 0 saturated carbocycles. The SMILES string of the molecule is CCn1c(-c2[c-]cc(-c3ccccc3)c3c2oc2nc(C)ccc23)nc2ccccc21.[2H]C(C)(C)c1cc(-c2[c-]cccc2F)ncc1[Si](C)(C)C.[Ir]. The van der Waals surface area contributed by atoms with Crippen molar-refractivity contribution in [2.75, 3.05) is 0 Å². The summed E-state index contributed by atoms with van der Waals surface area (Å²) >= 11 is 0. The molecule has 0 aliphatic heterocycles. The van der Waals surface area contributed by atoms with E-state index in [-0.39, 0.29) is 25.9 Å². The molecule has 5 nitrogen and oxygen atoms in total. The first-order chi connectivity index (χ1) is 24.8. The molecular weight excluding hydrogens is 840 g/mol. The molecule has 4 aromatic carbocycles. The Balaban J connectivity index is 0.000000193. The topological polar surface area (TPSA) is 56.7 Å². The van der Waals surface area contributed by atoms with Crippen LogP contribution < -0.4 is 5.19 Å². The summed E-state index contributed by atoms with van der Waals surface area (Å²) in [4.78, 5) is 14.0. The summed E-state index contributed by atoms with van der Waals surface area (Å²) in [5.74, 6) is -0.206. The second-order valence-corrected chi connectivity index (χ2v) is 19.0. The van der Waals surface area contributed by atoms with Gasteiger partial charge in [-0.15, -0.1) is 36.4 Å². The fraction of sp³-hybridized carbons (Fsp3) is 0.205. The summed E-state index contributed by atoms with van der Waals surface area (Å²) in [6.45, 7) is 15.3. The Morgan fingerprint density at radius 1 is 0.923 bits per heavy atom. The molecule has 0 aliphatic carbocycles. The van der Waals surface area contributed by atoms with Crippen LogP contribution in [0.3, 0.4) is 0 Å². The number of para-hydroxylation sites is 2. The van der Waals surface area contributed by atoms with Crippen LogP contribution in [0.5, 0.6) is 0 Å². The van der Waals surface area contributed by atoms with Gasteiger partial charge in [0.05, 0.1) is 30.5 Å². The Labute approximate surface area is 320 Å². The third-order valence-electron chi connectivity index (χ3n) is 9.14. The Bertz CT molecular complexity index is 2570. The first kappa shape index (κ1) is 35.6. The smallest absolute Gasteiger partial charge is 0.216 e. The van der Waals surface area contributed by atoms with Crippen molar-refractivity contribution in [2.45, 2.75) is 59.8 Å². The fourth-order valence-electron chi connectivity index (χ4n) is 6.61. The van der Waals surface area contributed by atoms with E-state index in [1.54, 1.807) is 12.1 Å². The van der Waals surface area contributed by atoms with E-state index < -0.39 is 14.0 Å². The molecule has 0 amide bonds. The van der Waals surface area contributed by atoms with Crippen LogP contribution in [-0.2, 0) is 26.7 Å². The van der Waals surface area contributed by atoms with Crippen molar-refractivity contribution in [3.8, 4) is 33.8 Å². The molecule has 8 heteroatoms. The summed E-state index contributed by atoms with van der Waals surface area (Å²) in [5.41, 5.74) is 9.36. The Hall–Kier alpha value is -4.75. The van der Waals surface area contributed by atoms with Crippen LogP contribution in [0.25, 0.3) is 66.9 Å². The van der Waals surface area contributed by atoms with Crippen LogP contribution in [0.2, 0.25) is 19.6 Å². The molecule has 0 unspecified atom stereocenters. The first-order valence-corrected chi connectivity index (χ1v) is 20.8. The van der Waals surface area contributed by atoms with Gasteiger partial charge in [0.15, 0.2) is 0 Å². The molecule has 8 aromatic rings. The van der Waals surface area contributed by atoms with Gasteiger partial charge >= 0.3 is 0 Å². The average molecular weight is 882 g/mol. The normalized spacial score (nSPS) is 12.0. The van der Waals surface area contributed by atoms with E-state index in [0.717, 1.165) is 72.9 Å². The van der Waals surface area contributed by atoms with E-state index in [1.807, 2.05) is 63.4 Å². The molecule has 1 radical (unpaired) electrons. The molecule has 52 heavy (non-hydrogen) atoms. The molecule has 0 atom stereocenters. The molecule has 0 fully saturated rings. The van der Waals surface area contributed by atoms with Gasteiger partial charge in [0.1, 0.15) is 0 Å². The number of nitrogens with zero attached hydrogens (tertiary/aromatic N) is 4. The number of fused-ring (bicyclic) bond motifs is 4. The quantitative estimate of drug-likeness (QED) is 0.123. The molecule has 265 valence electrons. The van der Waals surface area contributed by atoms with Gasteiger partial charge in [-0.1, -0.05) is 110 Å². The zero-order chi connectivity index (χ0) is 36.8. The van der Waals surface area contributed by atoms with Crippen molar-refractivity contribution in [3.05, 3.63) is 132 Å². The van der Waals surface area contributed by atoms with E-state index in [0.29, 0.717) is 17.0 Å². The molecule has 0 aliphatic rings. The first-order valence-electron chi connectivity index (χ1n) is 17.8. The summed E-state index contributed by atoms with van der Waals surface area (Å²) in [5, 5.41) is 3.22. The van der Waals surface area contributed by atoms with Crippen LogP contribution in [0.4, 0.5) is 4.39 Å². The molecular formula is C44H41FIrN4OSi-2. The zero-order valence-electron chi connectivity index (χ0n) is 31.4. The number of aryl methyl sites for hydroxylation is 2. The van der Waals surface area contributed by atoms with E-state index >= 15 is 0 Å². The minimum Gasteiger partial charge on any atom is -0.486 e. The van der Waals surface area contributed by atoms with E-state index in [2.05, 4.69) is 95.7 Å². The van der Waals surface area contributed by atoms with Gasteiger partial charge in [0, 0.05) is 51.1 Å². The summed E-state index contributed by atoms with van der Waals surface area (Å²) < 4.78 is 30.9. The molecule has 0 N–H and O–H groups in total. The van der Waals surface area contributed by atoms with Gasteiger partial charge in [0.2, 0.25) is 5.71 Å². The summed E-state index contributed by atoms with van der Waals surface area (Å²) in [6.07, 6.45) is 1.83. The third kappa shape index (κ3) is 7.03. The van der Waals surface area contributed by atoms with E-state index in [1.165, 1.54) is 6.07 Å². The van der Waals surface area contributed by atoms with Gasteiger partial charge < -0.3 is 14.0 Å². The number of rotatable bonds is 6. The second-order valence-electron chi connectivity index (χ2n) is 14.0. The number of hydrogen-bond donors (Lipinski definition) is 0. The van der Waals surface area contributed by atoms with Crippen LogP contribution in [0.15, 0.2) is 108 Å². The predicted molar refractivity (Wildman–Crippen MR) is 210 cm³/mol. The maximum atomic E-state index is 13.9. The molecule has 8 rings (SSSR count). The van der Waals surface area contributed by atoms with E-state index in [4.69, 9.17) is 10.8 Å². The Morgan fingerprint density at radius 2 is 1.67 bits per heavy atom. The molecule has 4 heterocycles. The summed E-state index contributed by atoms with van der Waals surface area (Å²) in [6, 6.07) is 37.7. The maximum Gasteiger partial charge on any atom is 0.216 e. The van der Waals surface area contributed by atoms with Gasteiger partial charge in [-0.3, -0.25) is 9.37 Å².